The summed E-state index contributed by atoms with van der Waals surface area (Å²) in [5, 5.41) is 0. The van der Waals surface area contributed by atoms with Crippen LogP contribution in [0.3, 0.4) is 0 Å². The molecule has 2 N–H and O–H groups in total. The number of rotatable bonds is 3. The predicted molar refractivity (Wildman–Crippen MR) is 80.0 cm³/mol. The molecule has 1 heterocycles. The second kappa shape index (κ2) is 4.75. The molecule has 1 aliphatic rings. The predicted octanol–water partition coefficient (Wildman–Crippen LogP) is 3.56. The van der Waals surface area contributed by atoms with Gasteiger partial charge in [-0.1, -0.05) is 12.1 Å². The summed E-state index contributed by atoms with van der Waals surface area (Å²) in [5.74, 6) is 1.80. The Kier molecular flexibility index (Phi) is 3.05. The van der Waals surface area contributed by atoms with Gasteiger partial charge in [0.05, 0.1) is 0 Å². The highest BCUT2D eigenvalue weighted by molar-refractivity contribution is 5.43. The second-order valence-corrected chi connectivity index (χ2v) is 5.84. The highest BCUT2D eigenvalue weighted by atomic mass is 16.5. The van der Waals surface area contributed by atoms with E-state index in [4.69, 9.17) is 15.2 Å². The number of ether oxygens (including phenoxy) is 2. The van der Waals surface area contributed by atoms with Gasteiger partial charge in [0.25, 0.3) is 0 Å². The summed E-state index contributed by atoms with van der Waals surface area (Å²) < 4.78 is 11.7. The molecule has 1 aliphatic heterocycles. The van der Waals surface area contributed by atoms with Crippen LogP contribution in [0.1, 0.15) is 25.0 Å². The molecule has 0 radical (unpaired) electrons. The fraction of sp³-hybridized carbons (Fsp3) is 0.294. The van der Waals surface area contributed by atoms with E-state index in [1.807, 2.05) is 24.3 Å². The lowest BCUT2D eigenvalue weighted by atomic mass is 10.0. The molecular weight excluding hydrogens is 250 g/mol. The number of hydrogen-bond acceptors (Lipinski definition) is 3. The molecule has 2 aromatic carbocycles. The van der Waals surface area contributed by atoms with Crippen LogP contribution in [0.15, 0.2) is 42.5 Å². The third-order valence-corrected chi connectivity index (χ3v) is 3.42. The first-order chi connectivity index (χ1) is 9.52. The summed E-state index contributed by atoms with van der Waals surface area (Å²) in [6.45, 7) is 4.75. The van der Waals surface area contributed by atoms with Crippen molar-refractivity contribution in [2.24, 2.45) is 0 Å². The first kappa shape index (κ1) is 12.9. The van der Waals surface area contributed by atoms with Crippen molar-refractivity contribution in [2.75, 3.05) is 5.73 Å². The number of nitrogens with two attached hydrogens (primary N) is 1. The molecule has 0 atom stereocenters. The molecule has 0 spiro atoms. The van der Waals surface area contributed by atoms with Gasteiger partial charge in [-0.25, -0.2) is 0 Å². The van der Waals surface area contributed by atoms with Gasteiger partial charge >= 0.3 is 0 Å². The zero-order valence-corrected chi connectivity index (χ0v) is 11.8. The van der Waals surface area contributed by atoms with E-state index >= 15 is 0 Å². The molecule has 0 amide bonds. The van der Waals surface area contributed by atoms with Crippen molar-refractivity contribution in [2.45, 2.75) is 32.5 Å². The first-order valence-electron chi connectivity index (χ1n) is 6.81. The van der Waals surface area contributed by atoms with Crippen LogP contribution in [0.5, 0.6) is 11.5 Å². The van der Waals surface area contributed by atoms with Crippen LogP contribution in [0.4, 0.5) is 5.69 Å². The van der Waals surface area contributed by atoms with Crippen LogP contribution < -0.4 is 15.2 Å². The highest BCUT2D eigenvalue weighted by Crippen LogP contribution is 2.35. The Bertz CT molecular complexity index is 617. The average Bonchev–Trinajstić information content (AvgIpc) is 2.71. The molecule has 0 saturated carbocycles. The smallest absolute Gasteiger partial charge is 0.123 e. The summed E-state index contributed by atoms with van der Waals surface area (Å²) in [6.07, 6.45) is 0.960. The Hall–Kier alpha value is -2.16. The van der Waals surface area contributed by atoms with Crippen molar-refractivity contribution in [3.05, 3.63) is 53.6 Å². The van der Waals surface area contributed by atoms with Crippen LogP contribution in [0, 0.1) is 0 Å². The van der Waals surface area contributed by atoms with Gasteiger partial charge in [-0.2, -0.15) is 0 Å². The Labute approximate surface area is 119 Å². The number of nitrogen functional groups attached to an aromatic ring is 1. The van der Waals surface area contributed by atoms with Crippen molar-refractivity contribution >= 4 is 5.69 Å². The Balaban J connectivity index is 1.69. The van der Waals surface area contributed by atoms with Crippen LogP contribution in [0.2, 0.25) is 0 Å². The molecule has 0 aliphatic carbocycles. The van der Waals surface area contributed by atoms with Crippen molar-refractivity contribution in [3.63, 3.8) is 0 Å². The molecule has 3 rings (SSSR count). The maximum Gasteiger partial charge on any atom is 0.123 e. The highest BCUT2D eigenvalue weighted by Gasteiger charge is 2.29. The van der Waals surface area contributed by atoms with Crippen molar-refractivity contribution in [1.29, 1.82) is 0 Å². The topological polar surface area (TPSA) is 44.5 Å². The molecule has 2 aromatic rings. The van der Waals surface area contributed by atoms with Gasteiger partial charge in [-0.3, -0.25) is 0 Å². The van der Waals surface area contributed by atoms with E-state index in [1.165, 1.54) is 5.56 Å². The van der Waals surface area contributed by atoms with Gasteiger partial charge in [-0.05, 0) is 55.3 Å². The Morgan fingerprint density at radius 3 is 2.65 bits per heavy atom. The number of anilines is 1. The zero-order chi connectivity index (χ0) is 14.2. The molecule has 104 valence electrons. The minimum absolute atomic E-state index is 0.0984. The molecule has 0 unspecified atom stereocenters. The van der Waals surface area contributed by atoms with Crippen LogP contribution in [0.25, 0.3) is 0 Å². The third-order valence-electron chi connectivity index (χ3n) is 3.42. The van der Waals surface area contributed by atoms with E-state index in [2.05, 4.69) is 32.0 Å². The molecule has 0 aromatic heterocycles. The zero-order valence-electron chi connectivity index (χ0n) is 11.8. The van der Waals surface area contributed by atoms with Crippen molar-refractivity contribution < 1.29 is 9.47 Å². The maximum absolute atomic E-state index is 5.93. The molecule has 0 fully saturated rings. The summed E-state index contributed by atoms with van der Waals surface area (Å²) in [6, 6.07) is 13.7. The Morgan fingerprint density at radius 1 is 1.15 bits per heavy atom. The van der Waals surface area contributed by atoms with Crippen LogP contribution in [-0.2, 0) is 13.0 Å². The van der Waals surface area contributed by atoms with E-state index in [0.29, 0.717) is 6.61 Å². The third kappa shape index (κ3) is 2.72. The molecule has 20 heavy (non-hydrogen) atoms. The fourth-order valence-electron chi connectivity index (χ4n) is 2.45. The van der Waals surface area contributed by atoms with E-state index < -0.39 is 0 Å². The monoisotopic (exact) mass is 269 g/mol. The second-order valence-electron chi connectivity index (χ2n) is 5.84. The van der Waals surface area contributed by atoms with Gasteiger partial charge in [-0.15, -0.1) is 0 Å². The summed E-state index contributed by atoms with van der Waals surface area (Å²) >= 11 is 0. The van der Waals surface area contributed by atoms with Gasteiger partial charge < -0.3 is 15.2 Å². The molecule has 3 nitrogen and oxygen atoms in total. The quantitative estimate of drug-likeness (QED) is 0.866. The lowest BCUT2D eigenvalue weighted by Gasteiger charge is -2.17. The minimum atomic E-state index is -0.0984. The Morgan fingerprint density at radius 2 is 1.90 bits per heavy atom. The molecule has 3 heteroatoms. The van der Waals surface area contributed by atoms with Crippen molar-refractivity contribution in [1.82, 2.24) is 0 Å². The fourth-order valence-corrected chi connectivity index (χ4v) is 2.45. The average molecular weight is 269 g/mol. The van der Waals surface area contributed by atoms with Crippen molar-refractivity contribution in [3.8, 4) is 11.5 Å². The van der Waals surface area contributed by atoms with Gasteiger partial charge in [0.1, 0.15) is 23.7 Å². The lowest BCUT2D eigenvalue weighted by molar-refractivity contribution is 0.138. The number of benzene rings is 2. The summed E-state index contributed by atoms with van der Waals surface area (Å²) in [5.41, 5.74) is 8.67. The molecule has 0 saturated heterocycles. The van der Waals surface area contributed by atoms with E-state index in [9.17, 15) is 0 Å². The minimum Gasteiger partial charge on any atom is -0.489 e. The van der Waals surface area contributed by atoms with E-state index in [1.54, 1.807) is 0 Å². The standard InChI is InChI=1S/C17H19NO2/c1-17(2)10-13-4-3-12(9-16(13)20-17)11-19-15-7-5-14(18)6-8-15/h3-9H,10-11,18H2,1-2H3. The van der Waals surface area contributed by atoms with Crippen LogP contribution in [-0.4, -0.2) is 5.60 Å². The number of hydrogen-bond donors (Lipinski definition) is 1. The van der Waals surface area contributed by atoms with Crippen LogP contribution >= 0.6 is 0 Å². The van der Waals surface area contributed by atoms with Gasteiger partial charge in [0.2, 0.25) is 0 Å². The first-order valence-corrected chi connectivity index (χ1v) is 6.81. The largest absolute Gasteiger partial charge is 0.489 e. The van der Waals surface area contributed by atoms with Gasteiger partial charge in [0.15, 0.2) is 0 Å². The lowest BCUT2D eigenvalue weighted by Crippen LogP contribution is -2.24. The maximum atomic E-state index is 5.93. The molecule has 0 bridgehead atoms. The summed E-state index contributed by atoms with van der Waals surface area (Å²) in [4.78, 5) is 0. The SMILES string of the molecule is CC1(C)Cc2ccc(COc3ccc(N)cc3)cc2O1. The van der Waals surface area contributed by atoms with E-state index in [0.717, 1.165) is 29.2 Å². The molecular formula is C17H19NO2. The normalized spacial score (nSPS) is 15.5. The summed E-state index contributed by atoms with van der Waals surface area (Å²) in [7, 11) is 0. The number of fused-ring (bicyclic) bond motifs is 1. The van der Waals surface area contributed by atoms with E-state index in [-0.39, 0.29) is 5.60 Å². The van der Waals surface area contributed by atoms with Gasteiger partial charge in [0, 0.05) is 12.1 Å².